The highest BCUT2D eigenvalue weighted by Gasteiger charge is 2.25. The number of fused-ring (bicyclic) bond motifs is 1. The maximum Gasteiger partial charge on any atom is 0.253 e. The summed E-state index contributed by atoms with van der Waals surface area (Å²) in [6.07, 6.45) is 3.33. The molecule has 108 valence electrons. The number of nitrogens with one attached hydrogen (secondary N) is 1. The zero-order valence-electron chi connectivity index (χ0n) is 12.5. The predicted molar refractivity (Wildman–Crippen MR) is 82.1 cm³/mol. The van der Waals surface area contributed by atoms with Crippen molar-refractivity contribution in [2.24, 2.45) is 11.8 Å². The first-order valence-electron chi connectivity index (χ1n) is 7.81. The van der Waals surface area contributed by atoms with E-state index in [2.05, 4.69) is 31.3 Å². The van der Waals surface area contributed by atoms with Crippen molar-refractivity contribution in [2.45, 2.75) is 33.1 Å². The SMILES string of the molecule is CC(C)C1CCN(C(=O)c2ccc3c(c2)CCN3)CC1. The molecular weight excluding hydrogens is 248 g/mol. The van der Waals surface area contributed by atoms with E-state index in [1.165, 1.54) is 11.3 Å². The van der Waals surface area contributed by atoms with Crippen LogP contribution in [0.5, 0.6) is 0 Å². The van der Waals surface area contributed by atoms with Crippen LogP contribution >= 0.6 is 0 Å². The molecular formula is C17H24N2O. The average Bonchev–Trinajstić information content (AvgIpc) is 2.94. The summed E-state index contributed by atoms with van der Waals surface area (Å²) in [7, 11) is 0. The summed E-state index contributed by atoms with van der Waals surface area (Å²) < 4.78 is 0. The van der Waals surface area contributed by atoms with Gasteiger partial charge in [0.1, 0.15) is 0 Å². The maximum atomic E-state index is 12.6. The monoisotopic (exact) mass is 272 g/mol. The van der Waals surface area contributed by atoms with Gasteiger partial charge in [-0.25, -0.2) is 0 Å². The number of amides is 1. The van der Waals surface area contributed by atoms with Gasteiger partial charge in [0, 0.05) is 30.9 Å². The van der Waals surface area contributed by atoms with Crippen LogP contribution in [0.1, 0.15) is 42.6 Å². The molecule has 20 heavy (non-hydrogen) atoms. The molecule has 1 fully saturated rings. The summed E-state index contributed by atoms with van der Waals surface area (Å²) in [5, 5.41) is 3.34. The Morgan fingerprint density at radius 1 is 1.30 bits per heavy atom. The lowest BCUT2D eigenvalue weighted by Crippen LogP contribution is -2.39. The molecule has 0 aromatic heterocycles. The van der Waals surface area contributed by atoms with Gasteiger partial charge in [-0.15, -0.1) is 0 Å². The molecule has 2 heterocycles. The van der Waals surface area contributed by atoms with E-state index in [1.807, 2.05) is 11.0 Å². The molecule has 1 saturated heterocycles. The van der Waals surface area contributed by atoms with E-state index in [-0.39, 0.29) is 5.91 Å². The first-order chi connectivity index (χ1) is 9.65. The van der Waals surface area contributed by atoms with Gasteiger partial charge in [-0.2, -0.15) is 0 Å². The topological polar surface area (TPSA) is 32.3 Å². The van der Waals surface area contributed by atoms with Crippen molar-refractivity contribution < 1.29 is 4.79 Å². The highest BCUT2D eigenvalue weighted by molar-refractivity contribution is 5.95. The number of hydrogen-bond acceptors (Lipinski definition) is 2. The van der Waals surface area contributed by atoms with Gasteiger partial charge in [0.2, 0.25) is 0 Å². The number of benzene rings is 1. The van der Waals surface area contributed by atoms with Crippen LogP contribution in [-0.4, -0.2) is 30.4 Å². The lowest BCUT2D eigenvalue weighted by Gasteiger charge is -2.34. The molecule has 3 nitrogen and oxygen atoms in total. The summed E-state index contributed by atoms with van der Waals surface area (Å²) in [6.45, 7) is 7.39. The van der Waals surface area contributed by atoms with Gasteiger partial charge in [0.05, 0.1) is 0 Å². The number of rotatable bonds is 2. The van der Waals surface area contributed by atoms with Crippen LogP contribution in [0.2, 0.25) is 0 Å². The van der Waals surface area contributed by atoms with Gasteiger partial charge in [0.15, 0.2) is 0 Å². The number of hydrogen-bond donors (Lipinski definition) is 1. The van der Waals surface area contributed by atoms with Crippen LogP contribution in [0.25, 0.3) is 0 Å². The van der Waals surface area contributed by atoms with E-state index < -0.39 is 0 Å². The Morgan fingerprint density at radius 3 is 2.75 bits per heavy atom. The highest BCUT2D eigenvalue weighted by atomic mass is 16.2. The minimum Gasteiger partial charge on any atom is -0.384 e. The minimum atomic E-state index is 0.210. The maximum absolute atomic E-state index is 12.6. The van der Waals surface area contributed by atoms with E-state index in [9.17, 15) is 4.79 Å². The van der Waals surface area contributed by atoms with Gasteiger partial charge in [-0.05, 0) is 54.9 Å². The Bertz CT molecular complexity index is 502. The largest absolute Gasteiger partial charge is 0.384 e. The summed E-state index contributed by atoms with van der Waals surface area (Å²) in [5.41, 5.74) is 3.34. The number of likely N-dealkylation sites (tertiary alicyclic amines) is 1. The van der Waals surface area contributed by atoms with Crippen molar-refractivity contribution in [1.29, 1.82) is 0 Å². The molecule has 3 heteroatoms. The Balaban J connectivity index is 1.68. The van der Waals surface area contributed by atoms with Gasteiger partial charge >= 0.3 is 0 Å². The Kier molecular flexibility index (Phi) is 3.68. The molecule has 2 aliphatic rings. The second-order valence-electron chi connectivity index (χ2n) is 6.42. The van der Waals surface area contributed by atoms with Gasteiger partial charge in [0.25, 0.3) is 5.91 Å². The standard InChI is InChI=1S/C17H24N2O/c1-12(2)13-6-9-19(10-7-13)17(20)15-3-4-16-14(11-15)5-8-18-16/h3-4,11-13,18H,5-10H2,1-2H3. The van der Waals surface area contributed by atoms with Crippen LogP contribution in [-0.2, 0) is 6.42 Å². The fraction of sp³-hybridized carbons (Fsp3) is 0.588. The number of carbonyl (C=O) groups excluding carboxylic acids is 1. The Morgan fingerprint density at radius 2 is 2.05 bits per heavy atom. The van der Waals surface area contributed by atoms with Crippen molar-refractivity contribution >= 4 is 11.6 Å². The van der Waals surface area contributed by atoms with Crippen molar-refractivity contribution in [1.82, 2.24) is 4.90 Å². The summed E-state index contributed by atoms with van der Waals surface area (Å²) >= 11 is 0. The molecule has 0 unspecified atom stereocenters. The van der Waals surface area contributed by atoms with Crippen LogP contribution in [0.4, 0.5) is 5.69 Å². The quantitative estimate of drug-likeness (QED) is 0.897. The first kappa shape index (κ1) is 13.5. The fourth-order valence-corrected chi connectivity index (χ4v) is 3.39. The second-order valence-corrected chi connectivity index (χ2v) is 6.42. The third-order valence-corrected chi connectivity index (χ3v) is 4.83. The third-order valence-electron chi connectivity index (χ3n) is 4.83. The molecule has 0 aliphatic carbocycles. The first-order valence-corrected chi connectivity index (χ1v) is 7.81. The van der Waals surface area contributed by atoms with Crippen LogP contribution in [0.3, 0.4) is 0 Å². The molecule has 0 bridgehead atoms. The van der Waals surface area contributed by atoms with Gasteiger partial charge in [-0.3, -0.25) is 4.79 Å². The molecule has 2 aliphatic heterocycles. The number of nitrogens with zero attached hydrogens (tertiary/aromatic N) is 1. The molecule has 1 aromatic rings. The van der Waals surface area contributed by atoms with Gasteiger partial charge in [-0.1, -0.05) is 13.8 Å². The van der Waals surface area contributed by atoms with E-state index in [4.69, 9.17) is 0 Å². The van der Waals surface area contributed by atoms with Crippen molar-refractivity contribution in [2.75, 3.05) is 25.0 Å². The smallest absolute Gasteiger partial charge is 0.253 e. The van der Waals surface area contributed by atoms with E-state index in [0.29, 0.717) is 0 Å². The predicted octanol–water partition coefficient (Wildman–Crippen LogP) is 3.16. The molecule has 1 amide bonds. The molecule has 1 aromatic carbocycles. The molecule has 0 saturated carbocycles. The third kappa shape index (κ3) is 2.54. The second kappa shape index (κ2) is 5.47. The lowest BCUT2D eigenvalue weighted by molar-refractivity contribution is 0.0667. The summed E-state index contributed by atoms with van der Waals surface area (Å²) in [6, 6.07) is 6.09. The van der Waals surface area contributed by atoms with Crippen molar-refractivity contribution in [3.8, 4) is 0 Å². The molecule has 0 spiro atoms. The Labute approximate surface area is 121 Å². The van der Waals surface area contributed by atoms with Gasteiger partial charge < -0.3 is 10.2 Å². The van der Waals surface area contributed by atoms with Crippen molar-refractivity contribution in [3.63, 3.8) is 0 Å². The minimum absolute atomic E-state index is 0.210. The van der Waals surface area contributed by atoms with E-state index >= 15 is 0 Å². The molecule has 3 rings (SSSR count). The molecule has 1 N–H and O–H groups in total. The fourth-order valence-electron chi connectivity index (χ4n) is 3.39. The Hall–Kier alpha value is -1.51. The number of anilines is 1. The zero-order chi connectivity index (χ0) is 14.1. The number of piperidine rings is 1. The van der Waals surface area contributed by atoms with Crippen molar-refractivity contribution in [3.05, 3.63) is 29.3 Å². The summed E-state index contributed by atoms with van der Waals surface area (Å²) in [4.78, 5) is 14.6. The average molecular weight is 272 g/mol. The van der Waals surface area contributed by atoms with Crippen LogP contribution < -0.4 is 5.32 Å². The lowest BCUT2D eigenvalue weighted by atomic mass is 9.86. The van der Waals surface area contributed by atoms with Crippen LogP contribution in [0.15, 0.2) is 18.2 Å². The van der Waals surface area contributed by atoms with Crippen LogP contribution in [0, 0.1) is 11.8 Å². The summed E-state index contributed by atoms with van der Waals surface area (Å²) in [5.74, 6) is 1.73. The van der Waals surface area contributed by atoms with E-state index in [1.54, 1.807) is 0 Å². The highest BCUT2D eigenvalue weighted by Crippen LogP contribution is 2.27. The number of carbonyl (C=O) groups is 1. The molecule has 0 radical (unpaired) electrons. The molecule has 0 atom stereocenters. The normalized spacial score (nSPS) is 19.1. The van der Waals surface area contributed by atoms with E-state index in [0.717, 1.165) is 56.3 Å². The zero-order valence-corrected chi connectivity index (χ0v) is 12.5.